The fourth-order valence-electron chi connectivity index (χ4n) is 1.52. The molecule has 0 N–H and O–H groups in total. The van der Waals surface area contributed by atoms with Crippen LogP contribution in [0.1, 0.15) is 26.3 Å². The van der Waals surface area contributed by atoms with E-state index in [4.69, 9.17) is 4.74 Å². The van der Waals surface area contributed by atoms with Gasteiger partial charge in [0.2, 0.25) is 0 Å². The topological polar surface area (TPSA) is 26.3 Å². The lowest BCUT2D eigenvalue weighted by Crippen LogP contribution is -2.07. The summed E-state index contributed by atoms with van der Waals surface area (Å²) in [7, 11) is 0. The van der Waals surface area contributed by atoms with Crippen molar-refractivity contribution < 1.29 is 9.53 Å². The second-order valence-corrected chi connectivity index (χ2v) is 4.33. The highest BCUT2D eigenvalue weighted by Crippen LogP contribution is 2.10. The zero-order valence-corrected chi connectivity index (χ0v) is 11.2. The highest BCUT2D eigenvalue weighted by Gasteiger charge is 2.07. The number of esters is 1. The van der Waals surface area contributed by atoms with Crippen LogP contribution in [0.3, 0.4) is 0 Å². The molecule has 0 amide bonds. The first kappa shape index (κ1) is 14.2. The van der Waals surface area contributed by atoms with Crippen molar-refractivity contribution in [3.8, 4) is 0 Å². The largest absolute Gasteiger partial charge is 0.462 e. The first-order chi connectivity index (χ1) is 8.63. The molecule has 0 saturated heterocycles. The fourth-order valence-corrected chi connectivity index (χ4v) is 1.52. The van der Waals surface area contributed by atoms with E-state index >= 15 is 0 Å². The zero-order chi connectivity index (χ0) is 13.4. The maximum atomic E-state index is 11.8. The summed E-state index contributed by atoms with van der Waals surface area (Å²) in [6.45, 7) is 6.28. The Hall–Kier alpha value is -1.83. The molecule has 0 spiro atoms. The molecule has 1 aromatic carbocycles. The summed E-state index contributed by atoms with van der Waals surface area (Å²) in [6.07, 6.45) is 5.65. The van der Waals surface area contributed by atoms with Gasteiger partial charge in [0.15, 0.2) is 0 Å². The van der Waals surface area contributed by atoms with Gasteiger partial charge in [-0.3, -0.25) is 0 Å². The van der Waals surface area contributed by atoms with E-state index in [9.17, 15) is 4.79 Å². The van der Waals surface area contributed by atoms with E-state index in [1.165, 1.54) is 0 Å². The van der Waals surface area contributed by atoms with Gasteiger partial charge in [0.05, 0.1) is 12.2 Å². The molecule has 0 saturated carbocycles. The number of carbonyl (C=O) groups is 1. The Bertz CT molecular complexity index is 428. The molecule has 0 aliphatic heterocycles. The van der Waals surface area contributed by atoms with Gasteiger partial charge in [-0.2, -0.15) is 0 Å². The van der Waals surface area contributed by atoms with E-state index < -0.39 is 0 Å². The SMILES string of the molecule is CCOC(=O)C(=C\C(C)C)/C=C/c1ccccc1. The minimum Gasteiger partial charge on any atom is -0.462 e. The third-order valence-electron chi connectivity index (χ3n) is 2.28. The standard InChI is InChI=1S/C16H20O2/c1-4-18-16(17)15(12-13(2)3)11-10-14-8-6-5-7-9-14/h5-13H,4H2,1-3H3/b11-10+,15-12-. The molecule has 18 heavy (non-hydrogen) atoms. The van der Waals surface area contributed by atoms with Crippen LogP contribution < -0.4 is 0 Å². The lowest BCUT2D eigenvalue weighted by atomic mass is 10.1. The van der Waals surface area contributed by atoms with Gasteiger partial charge in [-0.25, -0.2) is 4.79 Å². The minimum atomic E-state index is -0.265. The number of rotatable bonds is 5. The van der Waals surface area contributed by atoms with Crippen LogP contribution in [0.15, 0.2) is 48.1 Å². The van der Waals surface area contributed by atoms with Crippen molar-refractivity contribution in [3.05, 3.63) is 53.6 Å². The Morgan fingerprint density at radius 2 is 1.94 bits per heavy atom. The molecule has 0 heterocycles. The van der Waals surface area contributed by atoms with Gasteiger partial charge in [-0.05, 0) is 24.5 Å². The van der Waals surface area contributed by atoms with Crippen LogP contribution in [0.5, 0.6) is 0 Å². The summed E-state index contributed by atoms with van der Waals surface area (Å²) in [4.78, 5) is 11.8. The van der Waals surface area contributed by atoms with Gasteiger partial charge >= 0.3 is 5.97 Å². The van der Waals surface area contributed by atoms with Crippen molar-refractivity contribution >= 4 is 12.0 Å². The normalized spacial score (nSPS) is 12.1. The summed E-state index contributed by atoms with van der Waals surface area (Å²) in [6, 6.07) is 9.89. The molecule has 1 rings (SSSR count). The molecule has 0 radical (unpaired) electrons. The second kappa shape index (κ2) is 7.49. The average molecular weight is 244 g/mol. The predicted octanol–water partition coefficient (Wildman–Crippen LogP) is 3.85. The number of allylic oxidation sites excluding steroid dienone is 1. The van der Waals surface area contributed by atoms with Crippen LogP contribution in [0.25, 0.3) is 6.08 Å². The third kappa shape index (κ3) is 5.00. The van der Waals surface area contributed by atoms with Crippen LogP contribution in [0, 0.1) is 5.92 Å². The first-order valence-electron chi connectivity index (χ1n) is 6.25. The Balaban J connectivity index is 2.86. The molecule has 0 aliphatic rings. The molecular formula is C16H20O2. The van der Waals surface area contributed by atoms with Crippen LogP contribution in [-0.2, 0) is 9.53 Å². The van der Waals surface area contributed by atoms with Crippen molar-refractivity contribution in [2.45, 2.75) is 20.8 Å². The molecule has 0 atom stereocenters. The molecule has 2 heteroatoms. The van der Waals surface area contributed by atoms with Crippen LogP contribution in [-0.4, -0.2) is 12.6 Å². The van der Waals surface area contributed by atoms with Crippen molar-refractivity contribution in [2.24, 2.45) is 5.92 Å². The summed E-state index contributed by atoms with van der Waals surface area (Å²) in [5, 5.41) is 0. The van der Waals surface area contributed by atoms with Crippen LogP contribution in [0.4, 0.5) is 0 Å². The monoisotopic (exact) mass is 244 g/mol. The molecule has 0 bridgehead atoms. The Kier molecular flexibility index (Phi) is 5.92. The van der Waals surface area contributed by atoms with E-state index in [1.807, 2.05) is 69.3 Å². The molecule has 0 aromatic heterocycles. The highest BCUT2D eigenvalue weighted by molar-refractivity contribution is 5.92. The van der Waals surface area contributed by atoms with E-state index in [0.717, 1.165) is 5.56 Å². The van der Waals surface area contributed by atoms with Gasteiger partial charge in [-0.1, -0.05) is 56.3 Å². The van der Waals surface area contributed by atoms with E-state index in [0.29, 0.717) is 18.1 Å². The molecule has 0 aliphatic carbocycles. The number of hydrogen-bond donors (Lipinski definition) is 0. The van der Waals surface area contributed by atoms with Crippen molar-refractivity contribution in [2.75, 3.05) is 6.61 Å². The quantitative estimate of drug-likeness (QED) is 0.447. The number of ether oxygens (including phenoxy) is 1. The highest BCUT2D eigenvalue weighted by atomic mass is 16.5. The summed E-state index contributed by atoms with van der Waals surface area (Å²) in [5.41, 5.74) is 1.67. The van der Waals surface area contributed by atoms with Gasteiger partial charge in [0, 0.05) is 0 Å². The maximum Gasteiger partial charge on any atom is 0.337 e. The van der Waals surface area contributed by atoms with Gasteiger partial charge in [-0.15, -0.1) is 0 Å². The van der Waals surface area contributed by atoms with Gasteiger partial charge in [0.25, 0.3) is 0 Å². The minimum absolute atomic E-state index is 0.265. The van der Waals surface area contributed by atoms with Crippen molar-refractivity contribution in [1.29, 1.82) is 0 Å². The Labute approximate surface area is 109 Å². The summed E-state index contributed by atoms with van der Waals surface area (Å²) >= 11 is 0. The molecule has 1 aromatic rings. The van der Waals surface area contributed by atoms with E-state index in [1.54, 1.807) is 0 Å². The van der Waals surface area contributed by atoms with Crippen LogP contribution >= 0.6 is 0 Å². The van der Waals surface area contributed by atoms with Crippen molar-refractivity contribution in [3.63, 3.8) is 0 Å². The fraction of sp³-hybridized carbons (Fsp3) is 0.312. The smallest absolute Gasteiger partial charge is 0.337 e. The lowest BCUT2D eigenvalue weighted by Gasteiger charge is -2.04. The molecular weight excluding hydrogens is 224 g/mol. The van der Waals surface area contributed by atoms with E-state index in [-0.39, 0.29) is 5.97 Å². The van der Waals surface area contributed by atoms with Gasteiger partial charge < -0.3 is 4.74 Å². The lowest BCUT2D eigenvalue weighted by molar-refractivity contribution is -0.138. The molecule has 96 valence electrons. The first-order valence-corrected chi connectivity index (χ1v) is 6.25. The molecule has 0 fully saturated rings. The molecule has 2 nitrogen and oxygen atoms in total. The molecule has 0 unspecified atom stereocenters. The van der Waals surface area contributed by atoms with Gasteiger partial charge in [0.1, 0.15) is 0 Å². The van der Waals surface area contributed by atoms with Crippen LogP contribution in [0.2, 0.25) is 0 Å². The Morgan fingerprint density at radius 3 is 2.50 bits per heavy atom. The summed E-state index contributed by atoms with van der Waals surface area (Å²) in [5.74, 6) is 0.0446. The van der Waals surface area contributed by atoms with E-state index in [2.05, 4.69) is 0 Å². The second-order valence-electron chi connectivity index (χ2n) is 4.33. The third-order valence-corrected chi connectivity index (χ3v) is 2.28. The maximum absolute atomic E-state index is 11.8. The summed E-state index contributed by atoms with van der Waals surface area (Å²) < 4.78 is 5.03. The average Bonchev–Trinajstić information content (AvgIpc) is 2.35. The number of hydrogen-bond acceptors (Lipinski definition) is 2. The number of benzene rings is 1. The Morgan fingerprint density at radius 1 is 1.28 bits per heavy atom. The zero-order valence-electron chi connectivity index (χ0n) is 11.2. The van der Waals surface area contributed by atoms with Crippen molar-refractivity contribution in [1.82, 2.24) is 0 Å². The predicted molar refractivity (Wildman–Crippen MR) is 75.0 cm³/mol. The number of carbonyl (C=O) groups excluding carboxylic acids is 1.